The van der Waals surface area contributed by atoms with Crippen LogP contribution in [-0.4, -0.2) is 57.2 Å². The van der Waals surface area contributed by atoms with Gasteiger partial charge in [0.2, 0.25) is 10.0 Å². The summed E-state index contributed by atoms with van der Waals surface area (Å²) in [5, 5.41) is 0. The highest BCUT2D eigenvalue weighted by Crippen LogP contribution is 2.35. The third kappa shape index (κ3) is 9.90. The smallest absolute Gasteiger partial charge is 0.325 e. The number of hydrogen-bond donors (Lipinski definition) is 1. The topological polar surface area (TPSA) is 132 Å². The fraction of sp³-hybridized carbons (Fsp3) is 0.250. The van der Waals surface area contributed by atoms with Gasteiger partial charge in [0.05, 0.1) is 39.1 Å². The summed E-state index contributed by atoms with van der Waals surface area (Å²) in [7, 11) is -4.26. The average Bonchev–Trinajstić information content (AvgIpc) is 3.56. The van der Waals surface area contributed by atoms with Crippen LogP contribution in [0.15, 0.2) is 90.3 Å². The first kappa shape index (κ1) is 41.8. The van der Waals surface area contributed by atoms with Gasteiger partial charge in [-0.3, -0.25) is 4.79 Å². The van der Waals surface area contributed by atoms with Gasteiger partial charge in [-0.2, -0.15) is 30.6 Å². The molecule has 1 saturated heterocycles. The van der Waals surface area contributed by atoms with Crippen LogP contribution in [0.5, 0.6) is 0 Å². The van der Waals surface area contributed by atoms with Crippen LogP contribution in [0, 0.1) is 17.5 Å². The average molecular weight is 815 g/mol. The van der Waals surface area contributed by atoms with Gasteiger partial charge in [-0.25, -0.2) is 45.9 Å². The van der Waals surface area contributed by atoms with Gasteiger partial charge < -0.3 is 5.73 Å². The Kier molecular flexibility index (Phi) is 12.5. The first-order valence-electron chi connectivity index (χ1n) is 16.3. The Bertz CT molecular complexity index is 2310. The van der Waals surface area contributed by atoms with Crippen molar-refractivity contribution >= 4 is 15.8 Å². The molecule has 0 radical (unpaired) electrons. The number of benzene rings is 3. The fourth-order valence-electron chi connectivity index (χ4n) is 5.64. The van der Waals surface area contributed by atoms with Crippen molar-refractivity contribution in [3.05, 3.63) is 125 Å². The number of Topliss-reactive ketones (excluding diaryl/α,β-unsaturated/α-hetero) is 1. The van der Waals surface area contributed by atoms with Crippen LogP contribution in [0.3, 0.4) is 0 Å². The van der Waals surface area contributed by atoms with Crippen molar-refractivity contribution in [1.29, 1.82) is 0 Å². The first-order valence-corrected chi connectivity index (χ1v) is 17.7. The Balaban J connectivity index is 0.000000265. The number of hydrogen-bond acceptors (Lipinski definition) is 8. The van der Waals surface area contributed by atoms with E-state index in [2.05, 4.69) is 19.9 Å². The van der Waals surface area contributed by atoms with Crippen molar-refractivity contribution in [2.45, 2.75) is 55.3 Å². The highest BCUT2D eigenvalue weighted by Gasteiger charge is 2.44. The summed E-state index contributed by atoms with van der Waals surface area (Å²) in [5.74, 6) is -4.02. The zero-order valence-electron chi connectivity index (χ0n) is 28.5. The first-order chi connectivity index (χ1) is 26.3. The normalized spacial score (nSPS) is 16.3. The van der Waals surface area contributed by atoms with Gasteiger partial charge in [0, 0.05) is 42.8 Å². The molecule has 2 N–H and O–H groups in total. The molecule has 0 bridgehead atoms. The summed E-state index contributed by atoms with van der Waals surface area (Å²) >= 11 is 0. The van der Waals surface area contributed by atoms with E-state index in [9.17, 15) is 57.1 Å². The van der Waals surface area contributed by atoms with Crippen molar-refractivity contribution in [3.8, 4) is 22.5 Å². The van der Waals surface area contributed by atoms with E-state index in [1.807, 2.05) is 0 Å². The molecule has 20 heteroatoms. The number of alkyl halides is 7. The van der Waals surface area contributed by atoms with Crippen LogP contribution in [0.2, 0.25) is 0 Å². The second kappa shape index (κ2) is 16.8. The van der Waals surface area contributed by atoms with Crippen LogP contribution in [0.1, 0.15) is 35.4 Å². The predicted octanol–water partition coefficient (Wildman–Crippen LogP) is 7.50. The minimum absolute atomic E-state index is 0.00460. The van der Waals surface area contributed by atoms with E-state index in [4.69, 9.17) is 5.73 Å². The largest absolute Gasteiger partial charge is 0.419 e. The lowest BCUT2D eigenvalue weighted by molar-refractivity contribution is -0.140. The van der Waals surface area contributed by atoms with Crippen LogP contribution in [0.25, 0.3) is 22.5 Å². The van der Waals surface area contributed by atoms with Crippen molar-refractivity contribution in [3.63, 3.8) is 0 Å². The molecule has 1 aliphatic rings. The molecule has 0 aliphatic carbocycles. The van der Waals surface area contributed by atoms with E-state index in [1.165, 1.54) is 18.5 Å². The van der Waals surface area contributed by atoms with Crippen LogP contribution >= 0.6 is 0 Å². The maximum Gasteiger partial charge on any atom is 0.419 e. The molecule has 6 rings (SSSR count). The Morgan fingerprint density at radius 3 is 1.71 bits per heavy atom. The molecule has 9 nitrogen and oxygen atoms in total. The number of ketones is 1. The minimum atomic E-state index is -4.85. The monoisotopic (exact) mass is 814 g/mol. The second-order valence-corrected chi connectivity index (χ2v) is 14.1. The number of halogens is 10. The minimum Gasteiger partial charge on any atom is -0.325 e. The summed E-state index contributed by atoms with van der Waals surface area (Å²) in [5.41, 5.74) is 4.23. The lowest BCUT2D eigenvalue weighted by atomic mass is 10.0. The van der Waals surface area contributed by atoms with E-state index in [0.29, 0.717) is 35.3 Å². The maximum atomic E-state index is 14.2. The SMILES string of the molecule is NCc1cc(-c2ccc(C(F)(F)F)c(F)c2)ncn1.O=C(CCc1cc(-c2ccc(C(F)(F)F)c(F)c2)ncn1)[C@@H]1C[C@@H](F)CN1S(=O)(=O)c1ccc(F)cc1. The lowest BCUT2D eigenvalue weighted by Crippen LogP contribution is -2.40. The molecule has 2 aromatic heterocycles. The van der Waals surface area contributed by atoms with Gasteiger partial charge in [0.15, 0.2) is 5.78 Å². The second-order valence-electron chi connectivity index (χ2n) is 12.2. The third-order valence-corrected chi connectivity index (χ3v) is 10.3. The van der Waals surface area contributed by atoms with Gasteiger partial charge in [-0.1, -0.05) is 12.1 Å². The summed E-state index contributed by atoms with van der Waals surface area (Å²) in [6.45, 7) is -0.355. The molecule has 1 fully saturated rings. The number of nitrogens with two attached hydrogens (primary N) is 1. The highest BCUT2D eigenvalue weighted by molar-refractivity contribution is 7.89. The molecule has 1 aliphatic heterocycles. The number of nitrogens with zero attached hydrogens (tertiary/aromatic N) is 5. The number of aryl methyl sites for hydroxylation is 1. The number of sulfonamides is 1. The van der Waals surface area contributed by atoms with Crippen molar-refractivity contribution in [1.82, 2.24) is 24.2 Å². The summed E-state index contributed by atoms with van der Waals surface area (Å²) in [6.07, 6.45) is -9.35. The summed E-state index contributed by atoms with van der Waals surface area (Å²) < 4.78 is 157. The molecule has 5 aromatic rings. The van der Waals surface area contributed by atoms with Crippen molar-refractivity contribution in [2.75, 3.05) is 6.54 Å². The summed E-state index contributed by atoms with van der Waals surface area (Å²) in [4.78, 5) is 28.3. The van der Waals surface area contributed by atoms with Gasteiger partial charge >= 0.3 is 12.4 Å². The van der Waals surface area contributed by atoms with Crippen molar-refractivity contribution < 1.29 is 57.1 Å². The Hall–Kier alpha value is -5.34. The molecule has 3 heterocycles. The standard InChI is InChI=1S/C24H19F6N3O3S.C12H9F4N3/c25-15-2-5-18(6-3-15)37(35,36)33-12-16(26)10-22(33)23(34)8-4-17-11-21(32-13-31-17)14-1-7-19(20(27)9-14)24(28,29)30;13-10-3-7(1-2-9(10)12(14,15)16)11-4-8(5-17)18-6-19-11/h1-3,5-7,9,11,13,16,22H,4,8,10,12H2;1-4,6H,5,17H2/t16-,22+;/m1./s1. The van der Waals surface area contributed by atoms with E-state index in [0.717, 1.165) is 53.1 Å². The van der Waals surface area contributed by atoms with Crippen LogP contribution < -0.4 is 5.73 Å². The van der Waals surface area contributed by atoms with Gasteiger partial charge in [-0.05, 0) is 67.1 Å². The molecule has 3 aromatic carbocycles. The number of carbonyl (C=O) groups excluding carboxylic acids is 1. The Morgan fingerprint density at radius 2 is 1.23 bits per heavy atom. The molecular weight excluding hydrogens is 786 g/mol. The third-order valence-electron chi connectivity index (χ3n) is 8.42. The molecule has 0 amide bonds. The number of rotatable bonds is 9. The van der Waals surface area contributed by atoms with E-state index in [1.54, 1.807) is 0 Å². The molecular formula is C36H28F10N6O3S. The molecule has 296 valence electrons. The zero-order chi connectivity index (χ0) is 41.0. The molecule has 2 atom stereocenters. The summed E-state index contributed by atoms with van der Waals surface area (Å²) in [6, 6.07) is 10.6. The predicted molar refractivity (Wildman–Crippen MR) is 180 cm³/mol. The van der Waals surface area contributed by atoms with Crippen molar-refractivity contribution in [2.24, 2.45) is 5.73 Å². The fourth-order valence-corrected chi connectivity index (χ4v) is 7.29. The van der Waals surface area contributed by atoms with Gasteiger partial charge in [0.1, 0.15) is 36.3 Å². The molecule has 56 heavy (non-hydrogen) atoms. The number of aromatic nitrogens is 4. The molecule has 0 spiro atoms. The number of carbonyl (C=O) groups is 1. The highest BCUT2D eigenvalue weighted by atomic mass is 32.2. The van der Waals surface area contributed by atoms with Gasteiger partial charge in [0.25, 0.3) is 0 Å². The Morgan fingerprint density at radius 1 is 0.732 bits per heavy atom. The van der Waals surface area contributed by atoms with Crippen LogP contribution in [0.4, 0.5) is 43.9 Å². The zero-order valence-corrected chi connectivity index (χ0v) is 29.3. The molecule has 0 unspecified atom stereocenters. The van der Waals surface area contributed by atoms with E-state index >= 15 is 0 Å². The van der Waals surface area contributed by atoms with Gasteiger partial charge in [-0.15, -0.1) is 0 Å². The maximum absolute atomic E-state index is 14.2. The Labute approximate surface area is 312 Å². The van der Waals surface area contributed by atoms with Crippen LogP contribution in [-0.2, 0) is 40.1 Å². The van der Waals surface area contributed by atoms with E-state index in [-0.39, 0.29) is 47.5 Å². The quantitative estimate of drug-likeness (QED) is 0.151. The molecule has 0 saturated carbocycles. The van der Waals surface area contributed by atoms with E-state index < -0.39 is 75.5 Å². The lowest BCUT2D eigenvalue weighted by Gasteiger charge is -2.22.